The van der Waals surface area contributed by atoms with Crippen LogP contribution in [0.25, 0.3) is 10.9 Å². The molecule has 3 rings (SSSR count). The van der Waals surface area contributed by atoms with E-state index in [0.29, 0.717) is 13.0 Å². The average Bonchev–Trinajstić information content (AvgIpc) is 3.15. The third-order valence-electron chi connectivity index (χ3n) is 4.62. The fourth-order valence-electron chi connectivity index (χ4n) is 3.22. The summed E-state index contributed by atoms with van der Waals surface area (Å²) in [4.78, 5) is 25.8. The molecule has 0 aliphatic carbocycles. The number of nitrogens with one attached hydrogen (secondary N) is 1. The Labute approximate surface area is 141 Å². The van der Waals surface area contributed by atoms with E-state index in [1.165, 1.54) is 0 Å². The molecular weight excluding hydrogens is 304 g/mol. The molecule has 2 aromatic rings. The van der Waals surface area contributed by atoms with E-state index >= 15 is 0 Å². The highest BCUT2D eigenvalue weighted by Gasteiger charge is 2.21. The van der Waals surface area contributed by atoms with Gasteiger partial charge in [-0.25, -0.2) is 0 Å². The highest BCUT2D eigenvalue weighted by atomic mass is 16.2. The molecule has 1 saturated heterocycles. The summed E-state index contributed by atoms with van der Waals surface area (Å²) in [5.74, 6) is 0.184. The first-order valence-electron chi connectivity index (χ1n) is 8.57. The maximum absolute atomic E-state index is 12.4. The molecule has 0 spiro atoms. The maximum Gasteiger partial charge on any atom is 0.244 e. The number of benzene rings is 1. The summed E-state index contributed by atoms with van der Waals surface area (Å²) in [7, 11) is 0. The standard InChI is InChI=1S/C18H24N4O2/c1-13-15-7-3-4-8-16(15)22(20-13)14(2)18(24)19-10-6-12-21-11-5-9-17(21)23/h3-4,7-8,14H,5-6,9-12H2,1-2H3,(H,19,24). The van der Waals surface area contributed by atoms with E-state index in [1.54, 1.807) is 4.68 Å². The summed E-state index contributed by atoms with van der Waals surface area (Å²) in [6.45, 7) is 5.96. The number of carbonyl (C=O) groups excluding carboxylic acids is 2. The number of para-hydroxylation sites is 1. The largest absolute Gasteiger partial charge is 0.354 e. The van der Waals surface area contributed by atoms with Crippen molar-refractivity contribution in [3.8, 4) is 0 Å². The summed E-state index contributed by atoms with van der Waals surface area (Å²) in [5.41, 5.74) is 1.90. The average molecular weight is 328 g/mol. The van der Waals surface area contributed by atoms with Crippen molar-refractivity contribution in [2.45, 2.75) is 39.2 Å². The summed E-state index contributed by atoms with van der Waals surface area (Å²) in [6.07, 6.45) is 2.39. The number of fused-ring (bicyclic) bond motifs is 1. The summed E-state index contributed by atoms with van der Waals surface area (Å²) >= 11 is 0. The van der Waals surface area contributed by atoms with E-state index < -0.39 is 0 Å². The van der Waals surface area contributed by atoms with Crippen LogP contribution in [0.1, 0.15) is 37.9 Å². The Bertz CT molecular complexity index is 753. The zero-order chi connectivity index (χ0) is 17.1. The van der Waals surface area contributed by atoms with Crippen molar-refractivity contribution in [2.75, 3.05) is 19.6 Å². The van der Waals surface area contributed by atoms with Gasteiger partial charge in [0.2, 0.25) is 11.8 Å². The lowest BCUT2D eigenvalue weighted by Crippen LogP contribution is -2.34. The monoisotopic (exact) mass is 328 g/mol. The molecule has 0 saturated carbocycles. The first-order chi connectivity index (χ1) is 11.6. The number of aryl methyl sites for hydroxylation is 1. The van der Waals surface area contributed by atoms with Crippen LogP contribution in [0.2, 0.25) is 0 Å². The van der Waals surface area contributed by atoms with Gasteiger partial charge >= 0.3 is 0 Å². The quantitative estimate of drug-likeness (QED) is 0.825. The van der Waals surface area contributed by atoms with Crippen LogP contribution in [0.15, 0.2) is 24.3 Å². The number of aromatic nitrogens is 2. The van der Waals surface area contributed by atoms with E-state index in [-0.39, 0.29) is 17.9 Å². The molecule has 24 heavy (non-hydrogen) atoms. The predicted octanol–water partition coefficient (Wildman–Crippen LogP) is 2.03. The molecule has 0 radical (unpaired) electrons. The minimum Gasteiger partial charge on any atom is -0.354 e. The minimum absolute atomic E-state index is 0.0454. The number of hydrogen-bond acceptors (Lipinski definition) is 3. The van der Waals surface area contributed by atoms with Gasteiger partial charge in [0.25, 0.3) is 0 Å². The number of amides is 2. The first kappa shape index (κ1) is 16.5. The molecule has 0 bridgehead atoms. The Hall–Kier alpha value is -2.37. The van der Waals surface area contributed by atoms with Crippen LogP contribution >= 0.6 is 0 Å². The van der Waals surface area contributed by atoms with Crippen LogP contribution in [-0.2, 0) is 9.59 Å². The molecule has 1 atom stereocenters. The molecule has 1 aliphatic heterocycles. The molecule has 1 unspecified atom stereocenters. The third kappa shape index (κ3) is 3.27. The fraction of sp³-hybridized carbons (Fsp3) is 0.500. The second-order valence-electron chi connectivity index (χ2n) is 6.35. The van der Waals surface area contributed by atoms with Crippen LogP contribution in [0.3, 0.4) is 0 Å². The Kier molecular flexibility index (Phi) is 4.83. The van der Waals surface area contributed by atoms with Gasteiger partial charge in [-0.1, -0.05) is 18.2 Å². The van der Waals surface area contributed by atoms with Gasteiger partial charge in [0, 0.05) is 31.4 Å². The SMILES string of the molecule is Cc1nn(C(C)C(=O)NCCCN2CCCC2=O)c2ccccc12. The molecule has 2 heterocycles. The van der Waals surface area contributed by atoms with Gasteiger partial charge in [0.05, 0.1) is 11.2 Å². The summed E-state index contributed by atoms with van der Waals surface area (Å²) < 4.78 is 1.78. The van der Waals surface area contributed by atoms with Gasteiger partial charge in [-0.15, -0.1) is 0 Å². The smallest absolute Gasteiger partial charge is 0.244 e. The second-order valence-corrected chi connectivity index (χ2v) is 6.35. The van der Waals surface area contributed by atoms with Crippen molar-refractivity contribution < 1.29 is 9.59 Å². The minimum atomic E-state index is -0.364. The van der Waals surface area contributed by atoms with Crippen LogP contribution < -0.4 is 5.32 Å². The van der Waals surface area contributed by atoms with Gasteiger partial charge in [0.1, 0.15) is 6.04 Å². The van der Waals surface area contributed by atoms with Crippen molar-refractivity contribution >= 4 is 22.7 Å². The van der Waals surface area contributed by atoms with Gasteiger partial charge in [-0.2, -0.15) is 5.10 Å². The number of carbonyl (C=O) groups is 2. The van der Waals surface area contributed by atoms with Crippen molar-refractivity contribution in [3.63, 3.8) is 0 Å². The Morgan fingerprint density at radius 3 is 2.92 bits per heavy atom. The third-order valence-corrected chi connectivity index (χ3v) is 4.62. The molecule has 1 aromatic heterocycles. The molecule has 1 fully saturated rings. The molecule has 1 N–H and O–H groups in total. The zero-order valence-corrected chi connectivity index (χ0v) is 14.3. The second kappa shape index (κ2) is 7.03. The molecule has 6 nitrogen and oxygen atoms in total. The first-order valence-corrected chi connectivity index (χ1v) is 8.57. The van der Waals surface area contributed by atoms with E-state index in [4.69, 9.17) is 0 Å². The number of hydrogen-bond donors (Lipinski definition) is 1. The Balaban J connectivity index is 1.55. The van der Waals surface area contributed by atoms with Crippen LogP contribution in [0, 0.1) is 6.92 Å². The molecule has 6 heteroatoms. The Morgan fingerprint density at radius 1 is 1.38 bits per heavy atom. The van der Waals surface area contributed by atoms with Crippen molar-refractivity contribution in [1.29, 1.82) is 0 Å². The van der Waals surface area contributed by atoms with Gasteiger partial charge in [0.15, 0.2) is 0 Å². The number of rotatable bonds is 6. The maximum atomic E-state index is 12.4. The van der Waals surface area contributed by atoms with Crippen molar-refractivity contribution in [1.82, 2.24) is 20.0 Å². The molecule has 128 valence electrons. The summed E-state index contributed by atoms with van der Waals surface area (Å²) in [6, 6.07) is 7.57. The number of nitrogens with zero attached hydrogens (tertiary/aromatic N) is 3. The lowest BCUT2D eigenvalue weighted by molar-refractivity contribution is -0.127. The van der Waals surface area contributed by atoms with Crippen LogP contribution in [0.5, 0.6) is 0 Å². The van der Waals surface area contributed by atoms with Crippen molar-refractivity contribution in [3.05, 3.63) is 30.0 Å². The molecular formula is C18H24N4O2. The van der Waals surface area contributed by atoms with Crippen LogP contribution in [-0.4, -0.2) is 46.1 Å². The topological polar surface area (TPSA) is 67.2 Å². The lowest BCUT2D eigenvalue weighted by Gasteiger charge is -2.17. The molecule has 1 aliphatic rings. The highest BCUT2D eigenvalue weighted by molar-refractivity contribution is 5.86. The fourth-order valence-corrected chi connectivity index (χ4v) is 3.22. The predicted molar refractivity (Wildman–Crippen MR) is 92.6 cm³/mol. The van der Waals surface area contributed by atoms with E-state index in [0.717, 1.165) is 42.5 Å². The highest BCUT2D eigenvalue weighted by Crippen LogP contribution is 2.21. The zero-order valence-electron chi connectivity index (χ0n) is 14.3. The summed E-state index contributed by atoms with van der Waals surface area (Å²) in [5, 5.41) is 8.54. The number of likely N-dealkylation sites (tertiary alicyclic amines) is 1. The van der Waals surface area contributed by atoms with Gasteiger partial charge in [-0.05, 0) is 32.8 Å². The molecule has 1 aromatic carbocycles. The van der Waals surface area contributed by atoms with E-state index in [2.05, 4.69) is 10.4 Å². The molecule has 2 amide bonds. The Morgan fingerprint density at radius 2 is 2.17 bits per heavy atom. The normalized spacial score (nSPS) is 15.9. The van der Waals surface area contributed by atoms with Gasteiger partial charge < -0.3 is 10.2 Å². The van der Waals surface area contributed by atoms with Gasteiger partial charge in [-0.3, -0.25) is 14.3 Å². The van der Waals surface area contributed by atoms with E-state index in [9.17, 15) is 9.59 Å². The lowest BCUT2D eigenvalue weighted by atomic mass is 10.2. The van der Waals surface area contributed by atoms with Crippen LogP contribution in [0.4, 0.5) is 0 Å². The van der Waals surface area contributed by atoms with Crippen molar-refractivity contribution in [2.24, 2.45) is 0 Å². The van der Waals surface area contributed by atoms with E-state index in [1.807, 2.05) is 43.0 Å².